The van der Waals surface area contributed by atoms with Crippen molar-refractivity contribution in [1.29, 1.82) is 0 Å². The molecule has 2 nitrogen and oxygen atoms in total. The molecule has 0 aromatic heterocycles. The van der Waals surface area contributed by atoms with Crippen molar-refractivity contribution in [2.24, 2.45) is 0 Å². The minimum Gasteiger partial charge on any atom is -0.375 e. The van der Waals surface area contributed by atoms with Crippen molar-refractivity contribution in [2.45, 2.75) is 45.5 Å². The minimum absolute atomic E-state index is 0.282. The molecule has 2 unspecified atom stereocenters. The third-order valence-corrected chi connectivity index (χ3v) is 3.23. The molecule has 2 rings (SSSR count). The molecule has 2 heteroatoms. The van der Waals surface area contributed by atoms with Gasteiger partial charge in [-0.2, -0.15) is 0 Å². The molecule has 1 heterocycles. The molecule has 2 atom stereocenters. The van der Waals surface area contributed by atoms with E-state index >= 15 is 0 Å². The van der Waals surface area contributed by atoms with E-state index in [4.69, 9.17) is 9.47 Å². The second kappa shape index (κ2) is 5.46. The van der Waals surface area contributed by atoms with Gasteiger partial charge in [-0.1, -0.05) is 31.2 Å². The van der Waals surface area contributed by atoms with Gasteiger partial charge in [0.15, 0.2) is 0 Å². The summed E-state index contributed by atoms with van der Waals surface area (Å²) in [6, 6.07) is 8.37. The summed E-state index contributed by atoms with van der Waals surface area (Å²) in [7, 11) is 0. The van der Waals surface area contributed by atoms with Crippen LogP contribution in [0, 0.1) is 6.92 Å². The molecule has 0 spiro atoms. The van der Waals surface area contributed by atoms with Crippen LogP contribution in [0.3, 0.4) is 0 Å². The fourth-order valence-electron chi connectivity index (χ4n) is 2.05. The summed E-state index contributed by atoms with van der Waals surface area (Å²) in [5, 5.41) is 0. The van der Waals surface area contributed by atoms with Crippen LogP contribution in [-0.4, -0.2) is 18.8 Å². The van der Waals surface area contributed by atoms with E-state index in [1.807, 2.05) is 0 Å². The zero-order valence-electron chi connectivity index (χ0n) is 10.1. The van der Waals surface area contributed by atoms with Crippen molar-refractivity contribution >= 4 is 0 Å². The molecule has 0 aliphatic carbocycles. The Morgan fingerprint density at radius 1 is 1.38 bits per heavy atom. The number of hydrogen-bond acceptors (Lipinski definition) is 2. The summed E-state index contributed by atoms with van der Waals surface area (Å²) in [6.45, 7) is 5.74. The van der Waals surface area contributed by atoms with Gasteiger partial charge in [0, 0.05) is 6.42 Å². The number of benzene rings is 1. The Balaban J connectivity index is 1.82. The quantitative estimate of drug-likeness (QED) is 0.776. The Morgan fingerprint density at radius 2 is 2.19 bits per heavy atom. The molecule has 1 aromatic carbocycles. The van der Waals surface area contributed by atoms with Crippen LogP contribution in [0.4, 0.5) is 0 Å². The summed E-state index contributed by atoms with van der Waals surface area (Å²) in [5.41, 5.74) is 2.58. The molecule has 1 aliphatic heterocycles. The first-order valence-electron chi connectivity index (χ1n) is 6.07. The summed E-state index contributed by atoms with van der Waals surface area (Å²) in [4.78, 5) is 0. The predicted octanol–water partition coefficient (Wildman–Crippen LogP) is 3.08. The summed E-state index contributed by atoms with van der Waals surface area (Å²) in [6.07, 6.45) is 2.82. The minimum atomic E-state index is 0.282. The van der Waals surface area contributed by atoms with Gasteiger partial charge in [-0.15, -0.1) is 0 Å². The van der Waals surface area contributed by atoms with Gasteiger partial charge >= 0.3 is 0 Å². The van der Waals surface area contributed by atoms with Crippen LogP contribution < -0.4 is 0 Å². The van der Waals surface area contributed by atoms with Crippen molar-refractivity contribution in [1.82, 2.24) is 0 Å². The monoisotopic (exact) mass is 220 g/mol. The molecule has 0 amide bonds. The standard InChI is InChI=1S/C14H20O2/c1-3-13-8-14(10-16-13)15-9-12-7-5-4-6-11(12)2/h4-7,13-14H,3,8-10H2,1-2H3. The molecule has 1 saturated heterocycles. The van der Waals surface area contributed by atoms with E-state index in [1.54, 1.807) is 0 Å². The largest absolute Gasteiger partial charge is 0.375 e. The fraction of sp³-hybridized carbons (Fsp3) is 0.571. The molecule has 0 radical (unpaired) electrons. The van der Waals surface area contributed by atoms with Crippen molar-refractivity contribution < 1.29 is 9.47 Å². The zero-order chi connectivity index (χ0) is 11.4. The maximum absolute atomic E-state index is 5.88. The van der Waals surface area contributed by atoms with Crippen LogP contribution >= 0.6 is 0 Å². The van der Waals surface area contributed by atoms with Gasteiger partial charge in [-0.05, 0) is 24.5 Å². The average Bonchev–Trinajstić information content (AvgIpc) is 2.76. The summed E-state index contributed by atoms with van der Waals surface area (Å²) < 4.78 is 11.5. The molecular formula is C14H20O2. The van der Waals surface area contributed by atoms with Gasteiger partial charge in [0.25, 0.3) is 0 Å². The van der Waals surface area contributed by atoms with E-state index in [2.05, 4.69) is 38.1 Å². The number of hydrogen-bond donors (Lipinski definition) is 0. The smallest absolute Gasteiger partial charge is 0.0837 e. The Hall–Kier alpha value is -0.860. The van der Waals surface area contributed by atoms with E-state index in [9.17, 15) is 0 Å². The van der Waals surface area contributed by atoms with Crippen LogP contribution in [0.1, 0.15) is 30.9 Å². The first-order valence-corrected chi connectivity index (χ1v) is 6.07. The van der Waals surface area contributed by atoms with Gasteiger partial charge in [-0.3, -0.25) is 0 Å². The molecule has 1 aromatic rings. The van der Waals surface area contributed by atoms with Crippen LogP contribution in [0.2, 0.25) is 0 Å². The zero-order valence-corrected chi connectivity index (χ0v) is 10.1. The number of aryl methyl sites for hydroxylation is 1. The molecule has 88 valence electrons. The highest BCUT2D eigenvalue weighted by Gasteiger charge is 2.24. The van der Waals surface area contributed by atoms with Gasteiger partial charge in [0.1, 0.15) is 0 Å². The van der Waals surface area contributed by atoms with E-state index < -0.39 is 0 Å². The third-order valence-electron chi connectivity index (χ3n) is 3.23. The molecular weight excluding hydrogens is 200 g/mol. The van der Waals surface area contributed by atoms with Gasteiger partial charge in [0.05, 0.1) is 25.4 Å². The normalized spacial score (nSPS) is 24.9. The van der Waals surface area contributed by atoms with Crippen LogP contribution in [-0.2, 0) is 16.1 Å². The van der Waals surface area contributed by atoms with Crippen molar-refractivity contribution in [2.75, 3.05) is 6.61 Å². The first kappa shape index (κ1) is 11.6. The fourth-order valence-corrected chi connectivity index (χ4v) is 2.05. The second-order valence-corrected chi connectivity index (χ2v) is 4.46. The molecule has 0 saturated carbocycles. The predicted molar refractivity (Wildman–Crippen MR) is 64.4 cm³/mol. The number of ether oxygens (including phenoxy) is 2. The van der Waals surface area contributed by atoms with E-state index in [0.717, 1.165) is 19.4 Å². The summed E-state index contributed by atoms with van der Waals surface area (Å²) in [5.74, 6) is 0. The Kier molecular flexibility index (Phi) is 3.97. The number of rotatable bonds is 4. The molecule has 1 fully saturated rings. The maximum Gasteiger partial charge on any atom is 0.0837 e. The second-order valence-electron chi connectivity index (χ2n) is 4.46. The lowest BCUT2D eigenvalue weighted by atomic mass is 10.1. The lowest BCUT2D eigenvalue weighted by Gasteiger charge is -2.11. The molecule has 0 bridgehead atoms. The molecule has 16 heavy (non-hydrogen) atoms. The highest BCUT2D eigenvalue weighted by Crippen LogP contribution is 2.20. The lowest BCUT2D eigenvalue weighted by Crippen LogP contribution is -2.13. The van der Waals surface area contributed by atoms with Gasteiger partial charge in [-0.25, -0.2) is 0 Å². The van der Waals surface area contributed by atoms with E-state index in [-0.39, 0.29) is 6.10 Å². The van der Waals surface area contributed by atoms with Crippen LogP contribution in [0.15, 0.2) is 24.3 Å². The Bertz CT molecular complexity index is 335. The summed E-state index contributed by atoms with van der Waals surface area (Å²) >= 11 is 0. The highest BCUT2D eigenvalue weighted by molar-refractivity contribution is 5.24. The topological polar surface area (TPSA) is 18.5 Å². The molecule has 1 aliphatic rings. The first-order chi connectivity index (χ1) is 7.79. The Labute approximate surface area is 97.6 Å². The van der Waals surface area contributed by atoms with Crippen LogP contribution in [0.25, 0.3) is 0 Å². The Morgan fingerprint density at radius 3 is 2.88 bits per heavy atom. The van der Waals surface area contributed by atoms with E-state index in [1.165, 1.54) is 11.1 Å². The third kappa shape index (κ3) is 2.83. The van der Waals surface area contributed by atoms with E-state index in [0.29, 0.717) is 12.7 Å². The van der Waals surface area contributed by atoms with Crippen molar-refractivity contribution in [3.8, 4) is 0 Å². The van der Waals surface area contributed by atoms with Crippen LogP contribution in [0.5, 0.6) is 0 Å². The van der Waals surface area contributed by atoms with Gasteiger partial charge < -0.3 is 9.47 Å². The lowest BCUT2D eigenvalue weighted by molar-refractivity contribution is 0.0272. The van der Waals surface area contributed by atoms with Gasteiger partial charge in [0.2, 0.25) is 0 Å². The molecule has 0 N–H and O–H groups in total. The average molecular weight is 220 g/mol. The van der Waals surface area contributed by atoms with Crippen molar-refractivity contribution in [3.63, 3.8) is 0 Å². The van der Waals surface area contributed by atoms with Crippen molar-refractivity contribution in [3.05, 3.63) is 35.4 Å². The maximum atomic E-state index is 5.88. The highest BCUT2D eigenvalue weighted by atomic mass is 16.5. The SMILES string of the molecule is CCC1CC(OCc2ccccc2C)CO1.